The van der Waals surface area contributed by atoms with Gasteiger partial charge in [-0.15, -0.1) is 0 Å². The number of hydrogen-bond acceptors (Lipinski definition) is 4. The van der Waals surface area contributed by atoms with Crippen molar-refractivity contribution in [3.05, 3.63) is 39.4 Å². The highest BCUT2D eigenvalue weighted by molar-refractivity contribution is 5.98. The van der Waals surface area contributed by atoms with E-state index in [-0.39, 0.29) is 29.0 Å². The van der Waals surface area contributed by atoms with Crippen LogP contribution in [0.5, 0.6) is 0 Å². The molecular formula is C20H27N3O4. The van der Waals surface area contributed by atoms with Gasteiger partial charge in [-0.1, -0.05) is 25.0 Å². The number of aryl methyl sites for hydroxylation is 1. The zero-order valence-electron chi connectivity index (χ0n) is 15.9. The van der Waals surface area contributed by atoms with E-state index in [0.29, 0.717) is 31.5 Å². The summed E-state index contributed by atoms with van der Waals surface area (Å²) in [5.41, 5.74) is 0.500. The predicted octanol–water partition coefficient (Wildman–Crippen LogP) is 3.16. The van der Waals surface area contributed by atoms with E-state index in [9.17, 15) is 19.7 Å². The number of nitro benzene ring substituents is 1. The molecule has 0 unspecified atom stereocenters. The van der Waals surface area contributed by atoms with Gasteiger partial charge in [0, 0.05) is 37.7 Å². The summed E-state index contributed by atoms with van der Waals surface area (Å²) in [6.45, 7) is 4.25. The molecule has 0 aromatic heterocycles. The third kappa shape index (κ3) is 4.28. The molecule has 0 aliphatic carbocycles. The molecule has 0 atom stereocenters. The molecule has 146 valence electrons. The van der Waals surface area contributed by atoms with Crippen LogP contribution in [0, 0.1) is 23.0 Å². The first kappa shape index (κ1) is 19.3. The SMILES string of the molecule is Cc1cccc(C(=O)N2CCC(C(=O)N3CCCCCC3)CC2)c1[N+](=O)[O-]. The molecule has 2 heterocycles. The fourth-order valence-electron chi connectivity index (χ4n) is 4.12. The Kier molecular flexibility index (Phi) is 6.08. The number of hydrogen-bond donors (Lipinski definition) is 0. The molecule has 0 N–H and O–H groups in total. The molecule has 0 spiro atoms. The number of nitrogens with zero attached hydrogens (tertiary/aromatic N) is 3. The van der Waals surface area contributed by atoms with E-state index in [0.717, 1.165) is 25.9 Å². The summed E-state index contributed by atoms with van der Waals surface area (Å²) in [7, 11) is 0. The number of piperidine rings is 1. The number of para-hydroxylation sites is 1. The van der Waals surface area contributed by atoms with E-state index < -0.39 is 4.92 Å². The smallest absolute Gasteiger partial charge is 0.285 e. The molecule has 2 aliphatic rings. The second-order valence-electron chi connectivity index (χ2n) is 7.53. The molecule has 2 fully saturated rings. The van der Waals surface area contributed by atoms with Crippen molar-refractivity contribution in [2.24, 2.45) is 5.92 Å². The minimum atomic E-state index is -0.488. The van der Waals surface area contributed by atoms with Crippen molar-refractivity contribution in [1.82, 2.24) is 9.80 Å². The largest absolute Gasteiger partial charge is 0.342 e. The van der Waals surface area contributed by atoms with Crippen molar-refractivity contribution in [1.29, 1.82) is 0 Å². The van der Waals surface area contributed by atoms with E-state index in [4.69, 9.17) is 0 Å². The van der Waals surface area contributed by atoms with Gasteiger partial charge in [-0.25, -0.2) is 0 Å². The number of benzene rings is 1. The predicted molar refractivity (Wildman–Crippen MR) is 102 cm³/mol. The molecule has 1 aromatic carbocycles. The molecule has 2 saturated heterocycles. The van der Waals surface area contributed by atoms with Crippen LogP contribution in [0.15, 0.2) is 18.2 Å². The topological polar surface area (TPSA) is 83.8 Å². The summed E-state index contributed by atoms with van der Waals surface area (Å²) in [6.07, 6.45) is 5.76. The van der Waals surface area contributed by atoms with Crippen LogP contribution >= 0.6 is 0 Å². The Morgan fingerprint density at radius 1 is 1.00 bits per heavy atom. The third-order valence-corrected chi connectivity index (χ3v) is 5.70. The van der Waals surface area contributed by atoms with E-state index in [1.807, 2.05) is 4.90 Å². The second kappa shape index (κ2) is 8.50. The van der Waals surface area contributed by atoms with Crippen LogP contribution in [-0.4, -0.2) is 52.7 Å². The Morgan fingerprint density at radius 3 is 2.22 bits per heavy atom. The van der Waals surface area contributed by atoms with Crippen LogP contribution in [0.2, 0.25) is 0 Å². The fourth-order valence-corrected chi connectivity index (χ4v) is 4.12. The van der Waals surface area contributed by atoms with Crippen molar-refractivity contribution in [3.63, 3.8) is 0 Å². The zero-order valence-corrected chi connectivity index (χ0v) is 15.9. The molecule has 7 nitrogen and oxygen atoms in total. The lowest BCUT2D eigenvalue weighted by atomic mass is 9.94. The average molecular weight is 373 g/mol. The molecule has 2 amide bonds. The Labute approximate surface area is 159 Å². The van der Waals surface area contributed by atoms with E-state index in [2.05, 4.69) is 0 Å². The van der Waals surface area contributed by atoms with Gasteiger partial charge in [0.25, 0.3) is 11.6 Å². The number of likely N-dealkylation sites (tertiary alicyclic amines) is 2. The lowest BCUT2D eigenvalue weighted by Crippen LogP contribution is -2.44. The molecule has 27 heavy (non-hydrogen) atoms. The number of carbonyl (C=O) groups is 2. The average Bonchev–Trinajstić information content (AvgIpc) is 2.96. The summed E-state index contributed by atoms with van der Waals surface area (Å²) in [6, 6.07) is 4.83. The molecular weight excluding hydrogens is 346 g/mol. The number of nitro groups is 1. The van der Waals surface area contributed by atoms with Crippen LogP contribution in [0.25, 0.3) is 0 Å². The number of carbonyl (C=O) groups excluding carboxylic acids is 2. The minimum Gasteiger partial charge on any atom is -0.342 e. The van der Waals surface area contributed by atoms with Gasteiger partial charge in [-0.05, 0) is 38.7 Å². The highest BCUT2D eigenvalue weighted by atomic mass is 16.6. The first-order valence-corrected chi connectivity index (χ1v) is 9.81. The standard InChI is InChI=1S/C20H27N3O4/c1-15-7-6-8-17(18(15)23(26)27)20(25)22-13-9-16(10-14-22)19(24)21-11-4-2-3-5-12-21/h6-8,16H,2-5,9-14H2,1H3. The van der Waals surface area contributed by atoms with Gasteiger partial charge in [0.2, 0.25) is 5.91 Å². The van der Waals surface area contributed by atoms with Crippen LogP contribution in [0.1, 0.15) is 54.4 Å². The van der Waals surface area contributed by atoms with Gasteiger partial charge in [0.1, 0.15) is 5.56 Å². The number of rotatable bonds is 3. The molecule has 3 rings (SSSR count). The van der Waals surface area contributed by atoms with Crippen molar-refractivity contribution in [2.75, 3.05) is 26.2 Å². The van der Waals surface area contributed by atoms with Crippen molar-refractivity contribution < 1.29 is 14.5 Å². The van der Waals surface area contributed by atoms with Crippen LogP contribution in [-0.2, 0) is 4.79 Å². The highest BCUT2D eigenvalue weighted by Gasteiger charge is 2.33. The van der Waals surface area contributed by atoms with Crippen molar-refractivity contribution in [3.8, 4) is 0 Å². The normalized spacial score (nSPS) is 18.9. The maximum absolute atomic E-state index is 12.8. The van der Waals surface area contributed by atoms with Gasteiger partial charge in [0.05, 0.1) is 4.92 Å². The third-order valence-electron chi connectivity index (χ3n) is 5.70. The summed E-state index contributed by atoms with van der Waals surface area (Å²) in [4.78, 5) is 40.1. The van der Waals surface area contributed by atoms with Crippen LogP contribution in [0.3, 0.4) is 0 Å². The van der Waals surface area contributed by atoms with Crippen LogP contribution in [0.4, 0.5) is 5.69 Å². The molecule has 1 aromatic rings. The molecule has 0 bridgehead atoms. The summed E-state index contributed by atoms with van der Waals surface area (Å²) in [5, 5.41) is 11.4. The van der Waals surface area contributed by atoms with E-state index in [1.54, 1.807) is 24.0 Å². The Bertz CT molecular complexity index is 718. The van der Waals surface area contributed by atoms with E-state index in [1.165, 1.54) is 18.9 Å². The van der Waals surface area contributed by atoms with Gasteiger partial charge in [-0.2, -0.15) is 0 Å². The lowest BCUT2D eigenvalue weighted by molar-refractivity contribution is -0.385. The Morgan fingerprint density at radius 2 is 1.63 bits per heavy atom. The van der Waals surface area contributed by atoms with Gasteiger partial charge < -0.3 is 9.80 Å². The van der Waals surface area contributed by atoms with Crippen molar-refractivity contribution >= 4 is 17.5 Å². The first-order chi connectivity index (χ1) is 13.0. The lowest BCUT2D eigenvalue weighted by Gasteiger charge is -2.34. The summed E-state index contributed by atoms with van der Waals surface area (Å²) >= 11 is 0. The molecule has 0 saturated carbocycles. The first-order valence-electron chi connectivity index (χ1n) is 9.81. The maximum atomic E-state index is 12.8. The Hall–Kier alpha value is -2.44. The molecule has 0 radical (unpaired) electrons. The Balaban J connectivity index is 1.64. The van der Waals surface area contributed by atoms with Gasteiger partial charge in [0.15, 0.2) is 0 Å². The van der Waals surface area contributed by atoms with E-state index >= 15 is 0 Å². The molecule has 2 aliphatic heterocycles. The highest BCUT2D eigenvalue weighted by Crippen LogP contribution is 2.27. The monoisotopic (exact) mass is 373 g/mol. The summed E-state index contributed by atoms with van der Waals surface area (Å²) in [5.74, 6) is -0.142. The van der Waals surface area contributed by atoms with Crippen molar-refractivity contribution in [2.45, 2.75) is 45.4 Å². The van der Waals surface area contributed by atoms with Gasteiger partial charge >= 0.3 is 0 Å². The zero-order chi connectivity index (χ0) is 19.4. The number of amides is 2. The van der Waals surface area contributed by atoms with Gasteiger partial charge in [-0.3, -0.25) is 19.7 Å². The minimum absolute atomic E-state index is 0.0420. The maximum Gasteiger partial charge on any atom is 0.285 e. The molecule has 7 heteroatoms. The van der Waals surface area contributed by atoms with Crippen LogP contribution < -0.4 is 0 Å². The fraction of sp³-hybridized carbons (Fsp3) is 0.600. The summed E-state index contributed by atoms with van der Waals surface area (Å²) < 4.78 is 0. The second-order valence-corrected chi connectivity index (χ2v) is 7.53. The quantitative estimate of drug-likeness (QED) is 0.602.